The molecule has 2 N–H and O–H groups in total. The van der Waals surface area contributed by atoms with Crippen molar-refractivity contribution in [1.29, 1.82) is 0 Å². The molecule has 0 saturated carbocycles. The van der Waals surface area contributed by atoms with Crippen LogP contribution in [0.15, 0.2) is 47.4 Å². The smallest absolute Gasteiger partial charge is 0.241 e. The fraction of sp³-hybridized carbons (Fsp3) is 0.278. The predicted octanol–water partition coefficient (Wildman–Crippen LogP) is 2.78. The summed E-state index contributed by atoms with van der Waals surface area (Å²) in [6, 6.07) is 12.6. The quantitative estimate of drug-likeness (QED) is 0.844. The number of hydrogen-bond acceptors (Lipinski definition) is 3. The zero-order chi connectivity index (χ0) is 17.7. The normalized spacial score (nSPS) is 11.3. The van der Waals surface area contributed by atoms with E-state index < -0.39 is 15.9 Å². The number of aryl methyl sites for hydroxylation is 3. The lowest BCUT2D eigenvalue weighted by molar-refractivity contribution is -0.115. The van der Waals surface area contributed by atoms with Gasteiger partial charge in [0, 0.05) is 5.69 Å². The van der Waals surface area contributed by atoms with Crippen LogP contribution in [0.4, 0.5) is 5.69 Å². The highest BCUT2D eigenvalue weighted by atomic mass is 32.2. The topological polar surface area (TPSA) is 75.3 Å². The summed E-state index contributed by atoms with van der Waals surface area (Å²) < 4.78 is 27.1. The zero-order valence-corrected chi connectivity index (χ0v) is 14.9. The Labute approximate surface area is 143 Å². The molecule has 0 unspecified atom stereocenters. The number of carbonyl (C=O) groups is 1. The molecule has 0 aromatic heterocycles. The molecular formula is C18H22N2O3S. The molecule has 5 nitrogen and oxygen atoms in total. The Morgan fingerprint density at radius 3 is 2.33 bits per heavy atom. The molecule has 2 rings (SSSR count). The number of nitrogens with one attached hydrogen (secondary N) is 2. The number of carbonyl (C=O) groups excluding carboxylic acids is 1. The van der Waals surface area contributed by atoms with Gasteiger partial charge in [0.05, 0.1) is 11.4 Å². The third-order valence-corrected chi connectivity index (χ3v) is 5.25. The van der Waals surface area contributed by atoms with Gasteiger partial charge in [-0.3, -0.25) is 4.79 Å². The summed E-state index contributed by atoms with van der Waals surface area (Å²) in [5.41, 5.74) is 3.30. The van der Waals surface area contributed by atoms with Crippen LogP contribution in [0.1, 0.15) is 23.6 Å². The van der Waals surface area contributed by atoms with E-state index in [-0.39, 0.29) is 11.4 Å². The van der Waals surface area contributed by atoms with Crippen molar-refractivity contribution in [2.45, 2.75) is 32.1 Å². The van der Waals surface area contributed by atoms with Gasteiger partial charge in [-0.15, -0.1) is 0 Å². The van der Waals surface area contributed by atoms with Crippen molar-refractivity contribution in [1.82, 2.24) is 4.72 Å². The van der Waals surface area contributed by atoms with Crippen LogP contribution in [0.5, 0.6) is 0 Å². The maximum Gasteiger partial charge on any atom is 0.241 e. The van der Waals surface area contributed by atoms with Crippen LogP contribution >= 0.6 is 0 Å². The van der Waals surface area contributed by atoms with Crippen molar-refractivity contribution in [3.8, 4) is 0 Å². The summed E-state index contributed by atoms with van der Waals surface area (Å²) in [4.78, 5) is 12.2. The largest absolute Gasteiger partial charge is 0.325 e. The molecule has 0 bridgehead atoms. The Balaban J connectivity index is 2.00. The number of hydrogen-bond donors (Lipinski definition) is 2. The van der Waals surface area contributed by atoms with E-state index in [2.05, 4.69) is 17.0 Å². The summed E-state index contributed by atoms with van der Waals surface area (Å²) in [5.74, 6) is -0.409. The average molecular weight is 346 g/mol. The minimum atomic E-state index is -3.72. The Kier molecular flexibility index (Phi) is 5.75. The van der Waals surface area contributed by atoms with E-state index in [1.54, 1.807) is 31.2 Å². The summed E-state index contributed by atoms with van der Waals surface area (Å²) in [6.45, 7) is 5.29. The number of sulfonamides is 1. The molecule has 1 amide bonds. The first-order valence-corrected chi connectivity index (χ1v) is 9.26. The summed E-state index contributed by atoms with van der Waals surface area (Å²) in [6.07, 6.45) is 0.921. The summed E-state index contributed by atoms with van der Waals surface area (Å²) in [7, 11) is -3.72. The second-order valence-corrected chi connectivity index (χ2v) is 7.43. The molecule has 0 aliphatic carbocycles. The lowest BCUT2D eigenvalue weighted by Gasteiger charge is -2.10. The molecule has 24 heavy (non-hydrogen) atoms. The van der Waals surface area contributed by atoms with Crippen LogP contribution in [0.25, 0.3) is 0 Å². The van der Waals surface area contributed by atoms with Gasteiger partial charge < -0.3 is 5.32 Å². The van der Waals surface area contributed by atoms with E-state index in [9.17, 15) is 13.2 Å². The highest BCUT2D eigenvalue weighted by molar-refractivity contribution is 7.89. The van der Waals surface area contributed by atoms with E-state index in [0.717, 1.165) is 12.0 Å². The van der Waals surface area contributed by atoms with E-state index in [0.29, 0.717) is 11.3 Å². The molecule has 0 aliphatic rings. The summed E-state index contributed by atoms with van der Waals surface area (Å²) in [5, 5.41) is 2.68. The highest BCUT2D eigenvalue weighted by Crippen LogP contribution is 2.16. The molecule has 2 aromatic carbocycles. The van der Waals surface area contributed by atoms with Gasteiger partial charge in [0.25, 0.3) is 0 Å². The first-order valence-electron chi connectivity index (χ1n) is 7.77. The second kappa shape index (κ2) is 7.59. The monoisotopic (exact) mass is 346 g/mol. The van der Waals surface area contributed by atoms with Crippen LogP contribution in [0.2, 0.25) is 0 Å². The maximum atomic E-state index is 12.4. The fourth-order valence-corrected chi connectivity index (χ4v) is 3.57. The molecule has 0 aliphatic heterocycles. The molecule has 0 heterocycles. The van der Waals surface area contributed by atoms with Gasteiger partial charge in [-0.1, -0.05) is 31.2 Å². The van der Waals surface area contributed by atoms with Gasteiger partial charge in [0.2, 0.25) is 15.9 Å². The molecule has 0 radical (unpaired) electrons. The highest BCUT2D eigenvalue weighted by Gasteiger charge is 2.18. The maximum absolute atomic E-state index is 12.4. The molecule has 0 fully saturated rings. The standard InChI is InChI=1S/C18H22N2O3S/c1-4-15-7-9-16(10-8-15)20-18(21)12-19-24(22,23)17-11-13(2)5-6-14(17)3/h5-11,19H,4,12H2,1-3H3,(H,20,21). The molecular weight excluding hydrogens is 324 g/mol. The lowest BCUT2D eigenvalue weighted by Crippen LogP contribution is -2.33. The molecule has 0 atom stereocenters. The van der Waals surface area contributed by atoms with Crippen LogP contribution in [-0.2, 0) is 21.2 Å². The average Bonchev–Trinajstić information content (AvgIpc) is 2.56. The van der Waals surface area contributed by atoms with Crippen molar-refractivity contribution in [3.05, 3.63) is 59.2 Å². The second-order valence-electron chi connectivity index (χ2n) is 5.69. The number of rotatable bonds is 6. The predicted molar refractivity (Wildman–Crippen MR) is 95.6 cm³/mol. The summed E-state index contributed by atoms with van der Waals surface area (Å²) >= 11 is 0. The Hall–Kier alpha value is -2.18. The van der Waals surface area contributed by atoms with Crippen molar-refractivity contribution >= 4 is 21.6 Å². The fourth-order valence-electron chi connectivity index (χ4n) is 2.26. The van der Waals surface area contributed by atoms with Crippen LogP contribution in [0.3, 0.4) is 0 Å². The van der Waals surface area contributed by atoms with Crippen molar-refractivity contribution in [3.63, 3.8) is 0 Å². The minimum Gasteiger partial charge on any atom is -0.325 e. The van der Waals surface area contributed by atoms with Crippen molar-refractivity contribution in [2.24, 2.45) is 0 Å². The minimum absolute atomic E-state index is 0.197. The van der Waals surface area contributed by atoms with E-state index in [4.69, 9.17) is 0 Å². The van der Waals surface area contributed by atoms with Gasteiger partial charge in [-0.25, -0.2) is 13.1 Å². The Morgan fingerprint density at radius 2 is 1.71 bits per heavy atom. The first kappa shape index (κ1) is 18.2. The van der Waals surface area contributed by atoms with Gasteiger partial charge in [0.15, 0.2) is 0 Å². The van der Waals surface area contributed by atoms with Gasteiger partial charge in [0.1, 0.15) is 0 Å². The van der Waals surface area contributed by atoms with Crippen LogP contribution < -0.4 is 10.0 Å². The lowest BCUT2D eigenvalue weighted by atomic mass is 10.1. The molecule has 6 heteroatoms. The van der Waals surface area contributed by atoms with Crippen molar-refractivity contribution < 1.29 is 13.2 Å². The van der Waals surface area contributed by atoms with Gasteiger partial charge in [-0.05, 0) is 55.2 Å². The number of anilines is 1. The molecule has 0 spiro atoms. The Bertz CT molecular complexity index is 828. The van der Waals surface area contributed by atoms with E-state index in [1.807, 2.05) is 25.1 Å². The van der Waals surface area contributed by atoms with Crippen LogP contribution in [-0.4, -0.2) is 20.9 Å². The van der Waals surface area contributed by atoms with Crippen molar-refractivity contribution in [2.75, 3.05) is 11.9 Å². The number of benzene rings is 2. The first-order chi connectivity index (χ1) is 11.3. The molecule has 128 valence electrons. The molecule has 0 saturated heterocycles. The van der Waals surface area contributed by atoms with Gasteiger partial charge >= 0.3 is 0 Å². The third kappa shape index (κ3) is 4.66. The molecule has 2 aromatic rings. The Morgan fingerprint density at radius 1 is 1.04 bits per heavy atom. The third-order valence-electron chi connectivity index (χ3n) is 3.70. The number of amides is 1. The van der Waals surface area contributed by atoms with Gasteiger partial charge in [-0.2, -0.15) is 0 Å². The van der Waals surface area contributed by atoms with Crippen LogP contribution in [0, 0.1) is 13.8 Å². The van der Waals surface area contributed by atoms with E-state index in [1.165, 1.54) is 5.56 Å². The van der Waals surface area contributed by atoms with E-state index >= 15 is 0 Å². The zero-order valence-electron chi connectivity index (χ0n) is 14.1. The SMILES string of the molecule is CCc1ccc(NC(=O)CNS(=O)(=O)c2cc(C)ccc2C)cc1.